The highest BCUT2D eigenvalue weighted by Crippen LogP contribution is 2.43. The van der Waals surface area contributed by atoms with E-state index in [1.807, 2.05) is 78.6 Å². The van der Waals surface area contributed by atoms with E-state index < -0.39 is 6.10 Å². The van der Waals surface area contributed by atoms with Crippen molar-refractivity contribution in [1.82, 2.24) is 4.90 Å². The predicted octanol–water partition coefficient (Wildman–Crippen LogP) is 4.91. The van der Waals surface area contributed by atoms with Gasteiger partial charge in [-0.1, -0.05) is 48.0 Å². The molecule has 0 spiro atoms. The summed E-state index contributed by atoms with van der Waals surface area (Å²) in [4.78, 5) is 14.9. The third-order valence-corrected chi connectivity index (χ3v) is 5.75. The van der Waals surface area contributed by atoms with Gasteiger partial charge in [0.05, 0.1) is 0 Å². The second-order valence-corrected chi connectivity index (χ2v) is 7.89. The van der Waals surface area contributed by atoms with Crippen LogP contribution in [-0.2, 0) is 11.3 Å². The van der Waals surface area contributed by atoms with Crippen LogP contribution < -0.4 is 14.2 Å². The first-order valence-electron chi connectivity index (χ1n) is 9.77. The van der Waals surface area contributed by atoms with Crippen molar-refractivity contribution in [2.24, 2.45) is 0 Å². The van der Waals surface area contributed by atoms with E-state index >= 15 is 0 Å². The Bertz CT molecular complexity index is 1100. The summed E-state index contributed by atoms with van der Waals surface area (Å²) in [5, 5.41) is 0.668. The molecule has 5 nitrogen and oxygen atoms in total. The van der Waals surface area contributed by atoms with Gasteiger partial charge in [0, 0.05) is 11.6 Å². The molecule has 1 fully saturated rings. The van der Waals surface area contributed by atoms with E-state index in [9.17, 15) is 4.79 Å². The normalized spacial score (nSPS) is 19.5. The van der Waals surface area contributed by atoms with Gasteiger partial charge >= 0.3 is 0 Å². The van der Waals surface area contributed by atoms with Crippen molar-refractivity contribution in [1.29, 1.82) is 0 Å². The van der Waals surface area contributed by atoms with E-state index in [1.165, 1.54) is 0 Å². The minimum Gasteiger partial charge on any atom is -0.478 e. The maximum absolute atomic E-state index is 13.1. The molecule has 0 aromatic heterocycles. The molecule has 2 aliphatic heterocycles. The van der Waals surface area contributed by atoms with Crippen LogP contribution in [0.5, 0.6) is 17.2 Å². The number of carbonyl (C=O) groups is 1. The van der Waals surface area contributed by atoms with E-state index in [0.29, 0.717) is 28.8 Å². The Kier molecular flexibility index (Phi) is 4.75. The van der Waals surface area contributed by atoms with Gasteiger partial charge in [0.25, 0.3) is 5.91 Å². The number of carbonyl (C=O) groups excluding carboxylic acids is 1. The summed E-state index contributed by atoms with van der Waals surface area (Å²) in [6, 6.07) is 20.8. The fourth-order valence-electron chi connectivity index (χ4n) is 3.87. The van der Waals surface area contributed by atoms with Gasteiger partial charge in [-0.05, 0) is 53.9 Å². The molecule has 3 aromatic carbocycles. The topological polar surface area (TPSA) is 48.0 Å². The molecule has 1 amide bonds. The van der Waals surface area contributed by atoms with E-state index in [0.717, 1.165) is 16.7 Å². The number of hydrogen-bond donors (Lipinski definition) is 0. The molecule has 2 heterocycles. The number of hydrogen-bond acceptors (Lipinski definition) is 4. The van der Waals surface area contributed by atoms with Crippen LogP contribution in [0.1, 0.15) is 22.7 Å². The second-order valence-electron chi connectivity index (χ2n) is 7.45. The van der Waals surface area contributed by atoms with Crippen molar-refractivity contribution >= 4 is 17.5 Å². The molecule has 0 aliphatic carbocycles. The van der Waals surface area contributed by atoms with Crippen LogP contribution in [0, 0.1) is 6.92 Å². The lowest BCUT2D eigenvalue weighted by Gasteiger charge is -2.47. The first-order valence-corrected chi connectivity index (χ1v) is 10.1. The maximum atomic E-state index is 13.1. The standard InChI is InChI=1S/C24H20ClNO4/c1-15-4-2-3-5-19(15)30-23-22(17-8-11-20-21(12-17)29-14-28-20)26(24(23)27)13-16-6-9-18(25)10-7-16/h2-12,22-23H,13-14H2,1H3/t22-,23+/m0/s1. The van der Waals surface area contributed by atoms with Gasteiger partial charge in [0.15, 0.2) is 11.5 Å². The van der Waals surface area contributed by atoms with Crippen LogP contribution in [0.25, 0.3) is 0 Å². The number of nitrogens with zero attached hydrogens (tertiary/aromatic N) is 1. The van der Waals surface area contributed by atoms with Gasteiger partial charge in [-0.2, -0.15) is 0 Å². The zero-order chi connectivity index (χ0) is 20.7. The molecule has 152 valence electrons. The molecular weight excluding hydrogens is 402 g/mol. The number of aryl methyl sites for hydroxylation is 1. The number of amides is 1. The number of likely N-dealkylation sites (tertiary alicyclic amines) is 1. The highest BCUT2D eigenvalue weighted by molar-refractivity contribution is 6.30. The van der Waals surface area contributed by atoms with E-state index in [4.69, 9.17) is 25.8 Å². The second kappa shape index (κ2) is 7.58. The quantitative estimate of drug-likeness (QED) is 0.549. The zero-order valence-corrected chi connectivity index (χ0v) is 17.1. The van der Waals surface area contributed by atoms with Crippen molar-refractivity contribution in [2.45, 2.75) is 25.6 Å². The molecular formula is C24H20ClNO4. The van der Waals surface area contributed by atoms with Crippen LogP contribution in [0.4, 0.5) is 0 Å². The zero-order valence-electron chi connectivity index (χ0n) is 16.4. The average Bonchev–Trinajstić information content (AvgIpc) is 3.23. The van der Waals surface area contributed by atoms with Crippen LogP contribution in [-0.4, -0.2) is 23.7 Å². The Morgan fingerprint density at radius 3 is 2.60 bits per heavy atom. The summed E-state index contributed by atoms with van der Waals surface area (Å²) in [5.41, 5.74) is 2.95. The minimum absolute atomic E-state index is 0.0455. The summed E-state index contributed by atoms with van der Waals surface area (Å²) in [7, 11) is 0. The van der Waals surface area contributed by atoms with Crippen molar-refractivity contribution < 1.29 is 19.0 Å². The predicted molar refractivity (Wildman–Crippen MR) is 113 cm³/mol. The third-order valence-electron chi connectivity index (χ3n) is 5.50. The molecule has 6 heteroatoms. The summed E-state index contributed by atoms with van der Waals surface area (Å²) < 4.78 is 17.2. The minimum atomic E-state index is -0.598. The van der Waals surface area contributed by atoms with Gasteiger partial charge in [-0.15, -0.1) is 0 Å². The number of halogens is 1. The largest absolute Gasteiger partial charge is 0.478 e. The van der Waals surface area contributed by atoms with Crippen LogP contribution in [0.3, 0.4) is 0 Å². The monoisotopic (exact) mass is 421 g/mol. The van der Waals surface area contributed by atoms with E-state index in [-0.39, 0.29) is 18.7 Å². The first-order chi connectivity index (χ1) is 14.6. The van der Waals surface area contributed by atoms with E-state index in [2.05, 4.69) is 0 Å². The molecule has 2 aliphatic rings. The van der Waals surface area contributed by atoms with Crippen molar-refractivity contribution in [3.05, 3.63) is 88.4 Å². The Balaban J connectivity index is 1.46. The molecule has 0 saturated carbocycles. The molecule has 1 saturated heterocycles. The van der Waals surface area contributed by atoms with Crippen LogP contribution >= 0.6 is 11.6 Å². The number of benzene rings is 3. The SMILES string of the molecule is Cc1ccccc1O[C@H]1C(=O)N(Cc2ccc(Cl)cc2)[C@H]1c1ccc2c(c1)OCO2. The van der Waals surface area contributed by atoms with Gasteiger partial charge < -0.3 is 19.1 Å². The number of fused-ring (bicyclic) bond motifs is 1. The van der Waals surface area contributed by atoms with Crippen LogP contribution in [0.2, 0.25) is 5.02 Å². The molecule has 0 radical (unpaired) electrons. The summed E-state index contributed by atoms with van der Waals surface area (Å²) in [6.07, 6.45) is -0.598. The van der Waals surface area contributed by atoms with Gasteiger partial charge in [0.2, 0.25) is 12.9 Å². The van der Waals surface area contributed by atoms with Crippen molar-refractivity contribution in [3.8, 4) is 17.2 Å². The lowest BCUT2D eigenvalue weighted by molar-refractivity contribution is -0.165. The molecule has 0 N–H and O–H groups in total. The fourth-order valence-corrected chi connectivity index (χ4v) is 4.00. The smallest absolute Gasteiger partial charge is 0.267 e. The van der Waals surface area contributed by atoms with Gasteiger partial charge in [-0.3, -0.25) is 4.79 Å². The molecule has 30 heavy (non-hydrogen) atoms. The summed E-state index contributed by atoms with van der Waals surface area (Å²) in [5.74, 6) is 2.07. The van der Waals surface area contributed by atoms with Crippen molar-refractivity contribution in [2.75, 3.05) is 6.79 Å². The number of ether oxygens (including phenoxy) is 3. The average molecular weight is 422 g/mol. The molecule has 0 bridgehead atoms. The third kappa shape index (κ3) is 3.35. The molecule has 3 aromatic rings. The molecule has 5 rings (SSSR count). The maximum Gasteiger partial charge on any atom is 0.267 e. The fraction of sp³-hybridized carbons (Fsp3) is 0.208. The van der Waals surface area contributed by atoms with Gasteiger partial charge in [-0.25, -0.2) is 0 Å². The number of para-hydroxylation sites is 1. The van der Waals surface area contributed by atoms with Gasteiger partial charge in [0.1, 0.15) is 11.8 Å². The lowest BCUT2D eigenvalue weighted by atomic mass is 9.89. The molecule has 2 atom stereocenters. The Labute approximate surface area is 179 Å². The number of β-lactam (4-membered cyclic amide) rings is 1. The Morgan fingerprint density at radius 1 is 1.03 bits per heavy atom. The lowest BCUT2D eigenvalue weighted by Crippen LogP contribution is -2.60. The molecule has 0 unspecified atom stereocenters. The Morgan fingerprint density at radius 2 is 1.80 bits per heavy atom. The Hall–Kier alpha value is -3.18. The highest BCUT2D eigenvalue weighted by atomic mass is 35.5. The van der Waals surface area contributed by atoms with Crippen molar-refractivity contribution in [3.63, 3.8) is 0 Å². The van der Waals surface area contributed by atoms with E-state index in [1.54, 1.807) is 0 Å². The first kappa shape index (κ1) is 18.8. The summed E-state index contributed by atoms with van der Waals surface area (Å²) >= 11 is 6.01. The summed E-state index contributed by atoms with van der Waals surface area (Å²) in [6.45, 7) is 2.66. The highest BCUT2D eigenvalue weighted by Gasteiger charge is 2.50. The van der Waals surface area contributed by atoms with Crippen LogP contribution in [0.15, 0.2) is 66.7 Å². The number of rotatable bonds is 5.